The van der Waals surface area contributed by atoms with Gasteiger partial charge in [-0.2, -0.15) is 0 Å². The number of nitrogens with zero attached hydrogens (tertiary/aromatic N) is 1. The zero-order valence-electron chi connectivity index (χ0n) is 17.5. The first-order chi connectivity index (χ1) is 15.0. The highest BCUT2D eigenvalue weighted by Gasteiger charge is 2.42. The molecule has 1 saturated heterocycles. The van der Waals surface area contributed by atoms with Gasteiger partial charge in [0.25, 0.3) is 5.91 Å². The molecule has 2 aromatic carbocycles. The number of benzene rings is 2. The second kappa shape index (κ2) is 8.76. The summed E-state index contributed by atoms with van der Waals surface area (Å²) in [4.78, 5) is 39.0. The number of fused-ring (bicyclic) bond motifs is 1. The van der Waals surface area contributed by atoms with Gasteiger partial charge in [-0.1, -0.05) is 24.3 Å². The summed E-state index contributed by atoms with van der Waals surface area (Å²) >= 11 is 0. The summed E-state index contributed by atoms with van der Waals surface area (Å²) in [7, 11) is 1.32. The Kier molecular flexibility index (Phi) is 5.89. The molecule has 6 nitrogen and oxygen atoms in total. The predicted octanol–water partition coefficient (Wildman–Crippen LogP) is 3.90. The van der Waals surface area contributed by atoms with Crippen molar-refractivity contribution in [3.63, 3.8) is 0 Å². The summed E-state index contributed by atoms with van der Waals surface area (Å²) in [6, 6.07) is 14.6. The van der Waals surface area contributed by atoms with Gasteiger partial charge in [0.15, 0.2) is 5.78 Å². The number of carbonyl (C=O) groups excluding carboxylic acids is 3. The second-order valence-electron chi connectivity index (χ2n) is 8.01. The van der Waals surface area contributed by atoms with E-state index in [1.807, 2.05) is 41.3 Å². The average Bonchev–Trinajstić information content (AvgIpc) is 3.00. The van der Waals surface area contributed by atoms with Gasteiger partial charge in [0.1, 0.15) is 11.4 Å². The largest absolute Gasteiger partial charge is 0.486 e. The van der Waals surface area contributed by atoms with Crippen LogP contribution in [0.2, 0.25) is 0 Å². The van der Waals surface area contributed by atoms with Crippen LogP contribution >= 0.6 is 0 Å². The fourth-order valence-corrected chi connectivity index (χ4v) is 4.26. The number of esters is 1. The van der Waals surface area contributed by atoms with Crippen LogP contribution in [0.5, 0.6) is 5.75 Å². The minimum atomic E-state index is -0.584. The van der Waals surface area contributed by atoms with Crippen LogP contribution in [-0.2, 0) is 9.53 Å². The number of rotatable bonds is 3. The molecule has 31 heavy (non-hydrogen) atoms. The van der Waals surface area contributed by atoms with Gasteiger partial charge in [-0.05, 0) is 48.7 Å². The Morgan fingerprint density at radius 2 is 1.90 bits per heavy atom. The minimum Gasteiger partial charge on any atom is -0.486 e. The topological polar surface area (TPSA) is 72.9 Å². The zero-order chi connectivity index (χ0) is 21.8. The summed E-state index contributed by atoms with van der Waals surface area (Å²) in [6.45, 7) is 1.20. The van der Waals surface area contributed by atoms with Gasteiger partial charge in [-0.15, -0.1) is 0 Å². The summed E-state index contributed by atoms with van der Waals surface area (Å²) in [5.74, 6) is 0.154. The Morgan fingerprint density at radius 3 is 2.68 bits per heavy atom. The highest BCUT2D eigenvalue weighted by molar-refractivity contribution is 6.01. The number of hydrogen-bond acceptors (Lipinski definition) is 5. The summed E-state index contributed by atoms with van der Waals surface area (Å²) in [6.07, 6.45) is 5.34. The molecule has 2 aliphatic rings. The molecule has 1 spiro atoms. The fraction of sp³-hybridized carbons (Fsp3) is 0.320. The van der Waals surface area contributed by atoms with Crippen molar-refractivity contribution in [2.75, 3.05) is 20.2 Å². The number of likely N-dealkylation sites (tertiary alicyclic amines) is 1. The number of carbonyl (C=O) groups is 3. The third kappa shape index (κ3) is 4.53. The van der Waals surface area contributed by atoms with Crippen molar-refractivity contribution in [1.29, 1.82) is 0 Å². The van der Waals surface area contributed by atoms with Gasteiger partial charge >= 0.3 is 5.97 Å². The lowest BCUT2D eigenvalue weighted by Crippen LogP contribution is -2.43. The highest BCUT2D eigenvalue weighted by atomic mass is 16.5. The Morgan fingerprint density at radius 1 is 1.10 bits per heavy atom. The van der Waals surface area contributed by atoms with Crippen molar-refractivity contribution >= 4 is 23.7 Å². The summed E-state index contributed by atoms with van der Waals surface area (Å²) < 4.78 is 11.0. The quantitative estimate of drug-likeness (QED) is 0.557. The van der Waals surface area contributed by atoms with E-state index in [-0.39, 0.29) is 18.1 Å². The normalized spacial score (nSPS) is 20.8. The van der Waals surface area contributed by atoms with E-state index in [1.54, 1.807) is 18.2 Å². The van der Waals surface area contributed by atoms with Crippen molar-refractivity contribution in [2.45, 2.75) is 31.3 Å². The molecule has 0 saturated carbocycles. The summed E-state index contributed by atoms with van der Waals surface area (Å²) in [5.41, 5.74) is 1.35. The lowest BCUT2D eigenvalue weighted by Gasteiger charge is -2.37. The third-order valence-electron chi connectivity index (χ3n) is 5.93. The molecule has 1 unspecified atom stereocenters. The number of ketones is 1. The molecule has 0 aliphatic carbocycles. The molecule has 6 heteroatoms. The number of Topliss-reactive ketones (excluding diaryl/α,β-unsaturated/α-hetero) is 1. The molecule has 1 atom stereocenters. The zero-order valence-corrected chi connectivity index (χ0v) is 17.5. The van der Waals surface area contributed by atoms with Gasteiger partial charge in [0.2, 0.25) is 0 Å². The maximum atomic E-state index is 13.0. The van der Waals surface area contributed by atoms with E-state index in [2.05, 4.69) is 4.74 Å². The van der Waals surface area contributed by atoms with Crippen LogP contribution < -0.4 is 4.74 Å². The van der Waals surface area contributed by atoms with Crippen LogP contribution in [-0.4, -0.2) is 48.4 Å². The highest BCUT2D eigenvalue weighted by Crippen LogP contribution is 2.40. The maximum Gasteiger partial charge on any atom is 0.330 e. The van der Waals surface area contributed by atoms with Crippen LogP contribution in [0.4, 0.5) is 0 Å². The van der Waals surface area contributed by atoms with Gasteiger partial charge in [0.05, 0.1) is 19.1 Å². The van der Waals surface area contributed by atoms with E-state index in [4.69, 9.17) is 4.74 Å². The standard InChI is InChI=1S/C25H25NO5/c1-30-23(28)11-9-18-8-10-22-20(16-18)21(27)17-25(31-22)12-5-14-26(15-13-25)24(29)19-6-3-2-4-7-19/h2-4,6-11,16H,5,12-15,17H2,1H3/b11-9+. The molecule has 0 radical (unpaired) electrons. The van der Waals surface area contributed by atoms with E-state index >= 15 is 0 Å². The molecular formula is C25H25NO5. The van der Waals surface area contributed by atoms with Crippen LogP contribution in [0.1, 0.15) is 52.0 Å². The first-order valence-corrected chi connectivity index (χ1v) is 10.5. The van der Waals surface area contributed by atoms with Crippen molar-refractivity contribution in [1.82, 2.24) is 4.90 Å². The molecule has 4 rings (SSSR count). The number of hydrogen-bond donors (Lipinski definition) is 0. The van der Waals surface area contributed by atoms with Crippen molar-refractivity contribution in [3.05, 3.63) is 71.3 Å². The van der Waals surface area contributed by atoms with Crippen molar-refractivity contribution in [2.24, 2.45) is 0 Å². The Balaban J connectivity index is 1.49. The molecule has 0 aromatic heterocycles. The second-order valence-corrected chi connectivity index (χ2v) is 8.01. The van der Waals surface area contributed by atoms with E-state index < -0.39 is 11.6 Å². The third-order valence-corrected chi connectivity index (χ3v) is 5.93. The van der Waals surface area contributed by atoms with Gasteiger partial charge in [-0.3, -0.25) is 9.59 Å². The number of methoxy groups -OCH3 is 1. The first kappa shape index (κ1) is 20.8. The summed E-state index contributed by atoms with van der Waals surface area (Å²) in [5, 5.41) is 0. The molecule has 2 aromatic rings. The van der Waals surface area contributed by atoms with Gasteiger partial charge in [0, 0.05) is 31.1 Å². The number of amides is 1. The Labute approximate surface area is 181 Å². The van der Waals surface area contributed by atoms with Gasteiger partial charge < -0.3 is 14.4 Å². The van der Waals surface area contributed by atoms with Crippen LogP contribution in [0.15, 0.2) is 54.6 Å². The molecule has 0 bridgehead atoms. The van der Waals surface area contributed by atoms with E-state index in [0.29, 0.717) is 36.4 Å². The predicted molar refractivity (Wildman–Crippen MR) is 116 cm³/mol. The minimum absolute atomic E-state index is 0.0159. The lowest BCUT2D eigenvalue weighted by molar-refractivity contribution is -0.134. The molecule has 1 amide bonds. The SMILES string of the molecule is COC(=O)/C=C/c1ccc2c(c1)C(=O)CC1(CCCN(C(=O)c3ccccc3)CC1)O2. The van der Waals surface area contributed by atoms with Crippen LogP contribution in [0.25, 0.3) is 6.08 Å². The molecule has 160 valence electrons. The molecular weight excluding hydrogens is 394 g/mol. The molecule has 2 heterocycles. The number of ether oxygens (including phenoxy) is 2. The molecule has 1 fully saturated rings. The van der Waals surface area contributed by atoms with E-state index in [1.165, 1.54) is 13.2 Å². The average molecular weight is 419 g/mol. The van der Waals surface area contributed by atoms with Crippen LogP contribution in [0.3, 0.4) is 0 Å². The molecule has 2 aliphatic heterocycles. The Hall–Kier alpha value is -3.41. The maximum absolute atomic E-state index is 13.0. The monoisotopic (exact) mass is 419 g/mol. The Bertz CT molecular complexity index is 1030. The first-order valence-electron chi connectivity index (χ1n) is 10.5. The van der Waals surface area contributed by atoms with Crippen molar-refractivity contribution < 1.29 is 23.9 Å². The lowest BCUT2D eigenvalue weighted by atomic mass is 9.84. The molecule has 0 N–H and O–H groups in total. The van der Waals surface area contributed by atoms with E-state index in [0.717, 1.165) is 18.4 Å². The smallest absolute Gasteiger partial charge is 0.330 e. The van der Waals surface area contributed by atoms with E-state index in [9.17, 15) is 14.4 Å². The van der Waals surface area contributed by atoms with Gasteiger partial charge in [-0.25, -0.2) is 4.79 Å². The fourth-order valence-electron chi connectivity index (χ4n) is 4.26. The van der Waals surface area contributed by atoms with Crippen LogP contribution in [0, 0.1) is 0 Å². The van der Waals surface area contributed by atoms with Crippen molar-refractivity contribution in [3.8, 4) is 5.75 Å².